The summed E-state index contributed by atoms with van der Waals surface area (Å²) in [6.07, 6.45) is 0. The molecule has 31 heavy (non-hydrogen) atoms. The molecule has 0 fully saturated rings. The molecule has 3 aromatic carbocycles. The summed E-state index contributed by atoms with van der Waals surface area (Å²) in [5.74, 6) is -4.10. The summed E-state index contributed by atoms with van der Waals surface area (Å²) in [6.45, 7) is 0. The van der Waals surface area contributed by atoms with Crippen LogP contribution in [-0.4, -0.2) is 21.9 Å². The molecule has 0 aromatic heterocycles. The van der Waals surface area contributed by atoms with E-state index < -0.39 is 40.5 Å². The van der Waals surface area contributed by atoms with E-state index in [0.29, 0.717) is 0 Å². The molecule has 0 spiro atoms. The van der Waals surface area contributed by atoms with Crippen molar-refractivity contribution in [2.75, 3.05) is 5.32 Å². The summed E-state index contributed by atoms with van der Waals surface area (Å²) in [6, 6.07) is 21.0. The first-order chi connectivity index (χ1) is 15.0. The minimum Gasteiger partial charge on any atom is -0.481 e. The molecular formula is C24H18N2O5. The van der Waals surface area contributed by atoms with E-state index in [1.807, 2.05) is 48.5 Å². The lowest BCUT2D eigenvalue weighted by Gasteiger charge is -2.48. The molecule has 3 aromatic rings. The van der Waals surface area contributed by atoms with Crippen molar-refractivity contribution < 1.29 is 19.6 Å². The van der Waals surface area contributed by atoms with Gasteiger partial charge in [0, 0.05) is 29.7 Å². The van der Waals surface area contributed by atoms with Gasteiger partial charge in [0.2, 0.25) is 5.91 Å². The van der Waals surface area contributed by atoms with Gasteiger partial charge < -0.3 is 10.4 Å². The minimum atomic E-state index is -1.03. The van der Waals surface area contributed by atoms with Crippen molar-refractivity contribution in [2.45, 2.75) is 11.8 Å². The van der Waals surface area contributed by atoms with Gasteiger partial charge in [-0.3, -0.25) is 19.7 Å². The molecule has 0 unspecified atom stereocenters. The first-order valence-electron chi connectivity index (χ1n) is 9.93. The van der Waals surface area contributed by atoms with Gasteiger partial charge in [-0.1, -0.05) is 54.6 Å². The van der Waals surface area contributed by atoms with Crippen LogP contribution in [0.5, 0.6) is 0 Å². The van der Waals surface area contributed by atoms with Crippen LogP contribution >= 0.6 is 0 Å². The van der Waals surface area contributed by atoms with Crippen LogP contribution < -0.4 is 5.32 Å². The molecule has 0 radical (unpaired) electrons. The maximum absolute atomic E-state index is 13.4. The number of nitrogens with zero attached hydrogens (tertiary/aromatic N) is 1. The smallest absolute Gasteiger partial charge is 0.308 e. The number of nitro benzene ring substituents is 1. The highest BCUT2D eigenvalue weighted by Crippen LogP contribution is 2.58. The lowest BCUT2D eigenvalue weighted by atomic mass is 9.54. The lowest BCUT2D eigenvalue weighted by Crippen LogP contribution is -2.48. The molecule has 154 valence electrons. The summed E-state index contributed by atoms with van der Waals surface area (Å²) in [5, 5.41) is 24.0. The first-order valence-corrected chi connectivity index (χ1v) is 9.93. The predicted octanol–water partition coefficient (Wildman–Crippen LogP) is 4.14. The maximum Gasteiger partial charge on any atom is 0.308 e. The molecule has 2 atom stereocenters. The standard InChI is InChI=1S/C24H18N2O5/c27-23(25-13-6-5-7-14(12-13)26(30)31)21-19-15-8-1-3-10-17(15)20(22(21)24(28)29)18-11-4-2-9-16(18)19/h1-12,19-22H,(H,25,27)(H,28,29)/t19?,20?,21-,22-/m1/s1. The minimum absolute atomic E-state index is 0.145. The quantitative estimate of drug-likeness (QED) is 0.493. The number of carboxylic acids is 1. The van der Waals surface area contributed by atoms with Crippen LogP contribution in [0.15, 0.2) is 72.8 Å². The van der Waals surface area contributed by atoms with E-state index >= 15 is 0 Å². The molecule has 0 aliphatic heterocycles. The van der Waals surface area contributed by atoms with E-state index in [-0.39, 0.29) is 11.4 Å². The van der Waals surface area contributed by atoms with Crippen LogP contribution in [-0.2, 0) is 9.59 Å². The Morgan fingerprint density at radius 2 is 1.32 bits per heavy atom. The fourth-order valence-electron chi connectivity index (χ4n) is 5.21. The SMILES string of the molecule is O=C(O)[C@@H]1C2c3ccccc3C(c3ccccc32)[C@H]1C(=O)Nc1cccc([N+](=O)[O-])c1. The number of rotatable bonds is 4. The zero-order chi connectivity index (χ0) is 21.7. The molecule has 3 aliphatic carbocycles. The third-order valence-electron chi connectivity index (χ3n) is 6.35. The van der Waals surface area contributed by atoms with Gasteiger partial charge in [-0.2, -0.15) is 0 Å². The van der Waals surface area contributed by atoms with E-state index in [0.717, 1.165) is 22.3 Å². The van der Waals surface area contributed by atoms with E-state index in [9.17, 15) is 24.8 Å². The van der Waals surface area contributed by atoms with E-state index in [1.54, 1.807) is 6.07 Å². The normalized spacial score (nSPS) is 22.8. The number of carboxylic acid groups (broad SMARTS) is 1. The van der Waals surface area contributed by atoms with Crippen molar-refractivity contribution in [3.05, 3.63) is 105 Å². The van der Waals surface area contributed by atoms with Gasteiger partial charge in [0.1, 0.15) is 0 Å². The van der Waals surface area contributed by atoms with Crippen LogP contribution in [0.2, 0.25) is 0 Å². The number of carbonyl (C=O) groups is 2. The molecule has 7 heteroatoms. The Kier molecular flexibility index (Phi) is 4.32. The molecule has 7 nitrogen and oxygen atoms in total. The van der Waals surface area contributed by atoms with Gasteiger partial charge in [-0.25, -0.2) is 0 Å². The van der Waals surface area contributed by atoms with E-state index in [2.05, 4.69) is 5.32 Å². The second-order valence-corrected chi connectivity index (χ2v) is 7.90. The van der Waals surface area contributed by atoms with Crippen molar-refractivity contribution >= 4 is 23.3 Å². The van der Waals surface area contributed by atoms with Crippen LogP contribution in [0.25, 0.3) is 0 Å². The van der Waals surface area contributed by atoms with Gasteiger partial charge >= 0.3 is 5.97 Å². The largest absolute Gasteiger partial charge is 0.481 e. The lowest BCUT2D eigenvalue weighted by molar-refractivity contribution is -0.384. The molecule has 2 N–H and O–H groups in total. The average Bonchev–Trinajstić information content (AvgIpc) is 2.78. The Labute approximate surface area is 177 Å². The predicted molar refractivity (Wildman–Crippen MR) is 113 cm³/mol. The number of carbonyl (C=O) groups excluding carboxylic acids is 1. The molecule has 2 bridgehead atoms. The Morgan fingerprint density at radius 1 is 0.806 bits per heavy atom. The number of anilines is 1. The van der Waals surface area contributed by atoms with Crippen molar-refractivity contribution in [1.29, 1.82) is 0 Å². The summed E-state index contributed by atoms with van der Waals surface area (Å²) in [5.41, 5.74) is 3.93. The van der Waals surface area contributed by atoms with Gasteiger partial charge in [-0.05, 0) is 28.3 Å². The number of nitrogens with one attached hydrogen (secondary N) is 1. The molecule has 1 amide bonds. The zero-order valence-corrected chi connectivity index (χ0v) is 16.3. The molecular weight excluding hydrogens is 396 g/mol. The van der Waals surface area contributed by atoms with Gasteiger partial charge in [0.25, 0.3) is 5.69 Å². The number of hydrogen-bond acceptors (Lipinski definition) is 4. The zero-order valence-electron chi connectivity index (χ0n) is 16.3. The third-order valence-corrected chi connectivity index (χ3v) is 6.35. The first kappa shape index (κ1) is 19.0. The van der Waals surface area contributed by atoms with E-state index in [4.69, 9.17) is 0 Å². The highest BCUT2D eigenvalue weighted by molar-refractivity contribution is 5.98. The van der Waals surface area contributed by atoms with Gasteiger partial charge in [-0.15, -0.1) is 0 Å². The maximum atomic E-state index is 13.4. The number of non-ortho nitro benzene ring substituents is 1. The highest BCUT2D eigenvalue weighted by Gasteiger charge is 2.55. The second kappa shape index (κ2) is 7.05. The monoisotopic (exact) mass is 414 g/mol. The molecule has 0 saturated heterocycles. The van der Waals surface area contributed by atoms with E-state index in [1.165, 1.54) is 18.2 Å². The number of benzene rings is 3. The third kappa shape index (κ3) is 2.89. The van der Waals surface area contributed by atoms with Crippen molar-refractivity contribution in [3.63, 3.8) is 0 Å². The average molecular weight is 414 g/mol. The van der Waals surface area contributed by atoms with Crippen molar-refractivity contribution in [2.24, 2.45) is 11.8 Å². The summed E-state index contributed by atoms with van der Waals surface area (Å²) < 4.78 is 0. The topological polar surface area (TPSA) is 110 Å². The van der Waals surface area contributed by atoms with Crippen LogP contribution in [0, 0.1) is 22.0 Å². The second-order valence-electron chi connectivity index (χ2n) is 7.90. The van der Waals surface area contributed by atoms with Crippen LogP contribution in [0.3, 0.4) is 0 Å². The Hall–Kier alpha value is -4.00. The molecule has 3 aliphatic rings. The summed E-state index contributed by atoms with van der Waals surface area (Å²) in [4.78, 5) is 36.4. The van der Waals surface area contributed by atoms with Gasteiger partial charge in [0.15, 0.2) is 0 Å². The number of hydrogen-bond donors (Lipinski definition) is 2. The Bertz CT molecular complexity index is 1190. The fourth-order valence-corrected chi connectivity index (χ4v) is 5.21. The number of fused-ring (bicyclic) bond motifs is 1. The Morgan fingerprint density at radius 3 is 1.81 bits per heavy atom. The summed E-state index contributed by atoms with van der Waals surface area (Å²) in [7, 11) is 0. The molecule has 0 saturated carbocycles. The number of amides is 1. The Balaban J connectivity index is 1.61. The summed E-state index contributed by atoms with van der Waals surface area (Å²) >= 11 is 0. The van der Waals surface area contributed by atoms with Crippen molar-refractivity contribution in [3.8, 4) is 0 Å². The number of aliphatic carboxylic acids is 1. The van der Waals surface area contributed by atoms with Crippen molar-refractivity contribution in [1.82, 2.24) is 0 Å². The fraction of sp³-hybridized carbons (Fsp3) is 0.167. The number of nitro groups is 1. The molecule has 0 heterocycles. The van der Waals surface area contributed by atoms with Crippen LogP contribution in [0.1, 0.15) is 34.1 Å². The highest BCUT2D eigenvalue weighted by atomic mass is 16.6. The van der Waals surface area contributed by atoms with Crippen LogP contribution in [0.4, 0.5) is 11.4 Å². The molecule has 6 rings (SSSR count). The van der Waals surface area contributed by atoms with Gasteiger partial charge in [0.05, 0.1) is 16.8 Å².